The first-order chi connectivity index (χ1) is 10.1. The predicted octanol–water partition coefficient (Wildman–Crippen LogP) is 3.16. The van der Waals surface area contributed by atoms with E-state index < -0.39 is 11.9 Å². The molecule has 1 heterocycles. The van der Waals surface area contributed by atoms with Gasteiger partial charge >= 0.3 is 5.97 Å². The van der Waals surface area contributed by atoms with Gasteiger partial charge in [0, 0.05) is 0 Å². The van der Waals surface area contributed by atoms with Crippen molar-refractivity contribution in [3.05, 3.63) is 58.9 Å². The lowest BCUT2D eigenvalue weighted by Gasteiger charge is -2.07. The van der Waals surface area contributed by atoms with E-state index in [2.05, 4.69) is 10.3 Å². The fourth-order valence-corrected chi connectivity index (χ4v) is 1.81. The highest BCUT2D eigenvalue weighted by Crippen LogP contribution is 2.20. The van der Waals surface area contributed by atoms with Crippen molar-refractivity contribution in [3.8, 4) is 0 Å². The lowest BCUT2D eigenvalue weighted by molar-refractivity contribution is 0.0519. The molecule has 2 aromatic rings. The number of carbonyl (C=O) groups is 2. The molecule has 5 nitrogen and oxygen atoms in total. The summed E-state index contributed by atoms with van der Waals surface area (Å²) in [6.07, 6.45) is 0. The number of carbonyl (C=O) groups excluding carboxylic acids is 2. The fraction of sp³-hybridized carbons (Fsp3) is 0.133. The number of anilines is 1. The van der Waals surface area contributed by atoms with Gasteiger partial charge < -0.3 is 10.1 Å². The van der Waals surface area contributed by atoms with E-state index >= 15 is 0 Å². The molecule has 1 N–H and O–H groups in total. The quantitative estimate of drug-likeness (QED) is 0.881. The number of para-hydroxylation sites is 1. The highest BCUT2D eigenvalue weighted by molar-refractivity contribution is 6.33. The molecule has 6 heteroatoms. The van der Waals surface area contributed by atoms with E-state index in [0.717, 1.165) is 0 Å². The summed E-state index contributed by atoms with van der Waals surface area (Å²) in [5, 5.41) is 3.06. The van der Waals surface area contributed by atoms with E-state index in [4.69, 9.17) is 16.3 Å². The molecule has 0 radical (unpaired) electrons. The zero-order chi connectivity index (χ0) is 15.2. The Balaban J connectivity index is 2.18. The third kappa shape index (κ3) is 3.79. The second-order valence-corrected chi connectivity index (χ2v) is 4.47. The smallest absolute Gasteiger partial charge is 0.356 e. The first kappa shape index (κ1) is 15.0. The molecule has 0 bridgehead atoms. The van der Waals surface area contributed by atoms with Gasteiger partial charge in [-0.3, -0.25) is 4.79 Å². The average Bonchev–Trinajstić information content (AvgIpc) is 2.50. The van der Waals surface area contributed by atoms with Crippen LogP contribution in [0.25, 0.3) is 0 Å². The zero-order valence-corrected chi connectivity index (χ0v) is 12.1. The number of ether oxygens (including phenoxy) is 1. The summed E-state index contributed by atoms with van der Waals surface area (Å²) in [5.41, 5.74) is 0.677. The van der Waals surface area contributed by atoms with Crippen LogP contribution in [0.2, 0.25) is 5.02 Å². The third-order valence-electron chi connectivity index (χ3n) is 2.59. The van der Waals surface area contributed by atoms with Crippen molar-refractivity contribution in [2.45, 2.75) is 6.92 Å². The first-order valence-corrected chi connectivity index (χ1v) is 6.69. The van der Waals surface area contributed by atoms with Crippen LogP contribution in [0.3, 0.4) is 0 Å². The molecule has 0 saturated heterocycles. The van der Waals surface area contributed by atoms with Crippen LogP contribution in [0.5, 0.6) is 0 Å². The number of halogens is 1. The molecule has 0 unspecified atom stereocenters. The van der Waals surface area contributed by atoms with Crippen LogP contribution < -0.4 is 5.32 Å². The Hall–Kier alpha value is -2.40. The maximum absolute atomic E-state index is 12.1. The number of pyridine rings is 1. The summed E-state index contributed by atoms with van der Waals surface area (Å²) in [5.74, 6) is -1.01. The second-order valence-electron chi connectivity index (χ2n) is 4.06. The number of esters is 1. The lowest BCUT2D eigenvalue weighted by Crippen LogP contribution is -2.16. The minimum Gasteiger partial charge on any atom is -0.461 e. The third-order valence-corrected chi connectivity index (χ3v) is 2.92. The number of aromatic nitrogens is 1. The van der Waals surface area contributed by atoms with Gasteiger partial charge in [-0.05, 0) is 31.2 Å². The molecule has 0 spiro atoms. The van der Waals surface area contributed by atoms with Crippen molar-refractivity contribution < 1.29 is 14.3 Å². The zero-order valence-electron chi connectivity index (χ0n) is 11.3. The van der Waals surface area contributed by atoms with Gasteiger partial charge in [-0.1, -0.05) is 29.8 Å². The van der Waals surface area contributed by atoms with Crippen molar-refractivity contribution in [2.75, 3.05) is 11.9 Å². The van der Waals surface area contributed by atoms with Gasteiger partial charge in [-0.2, -0.15) is 0 Å². The Kier molecular flexibility index (Phi) is 4.90. The molecule has 0 aliphatic rings. The van der Waals surface area contributed by atoms with Gasteiger partial charge in [-0.15, -0.1) is 0 Å². The van der Waals surface area contributed by atoms with Crippen LogP contribution in [0.4, 0.5) is 5.69 Å². The molecule has 1 aromatic heterocycles. The van der Waals surface area contributed by atoms with Gasteiger partial charge in [-0.25, -0.2) is 9.78 Å². The number of hydrogen-bond donors (Lipinski definition) is 1. The Bertz CT molecular complexity index is 673. The molecule has 0 saturated carbocycles. The molecular formula is C15H13ClN2O3. The van der Waals surface area contributed by atoms with Crippen molar-refractivity contribution in [2.24, 2.45) is 0 Å². The molecule has 21 heavy (non-hydrogen) atoms. The van der Waals surface area contributed by atoms with E-state index in [1.54, 1.807) is 37.3 Å². The second kappa shape index (κ2) is 6.85. The van der Waals surface area contributed by atoms with Crippen LogP contribution in [0.15, 0.2) is 42.5 Å². The minimum atomic E-state index is -0.565. The van der Waals surface area contributed by atoms with Crippen molar-refractivity contribution in [1.29, 1.82) is 0 Å². The van der Waals surface area contributed by atoms with Gasteiger partial charge in [0.25, 0.3) is 5.91 Å². The Morgan fingerprint density at radius 2 is 1.86 bits per heavy atom. The molecular weight excluding hydrogens is 292 g/mol. The molecule has 0 fully saturated rings. The summed E-state index contributed by atoms with van der Waals surface area (Å²) in [4.78, 5) is 27.7. The molecule has 2 rings (SSSR count). The largest absolute Gasteiger partial charge is 0.461 e. The summed E-state index contributed by atoms with van der Waals surface area (Å²) in [6.45, 7) is 1.95. The molecule has 0 aliphatic carbocycles. The number of benzene rings is 1. The Morgan fingerprint density at radius 3 is 2.57 bits per heavy atom. The summed E-state index contributed by atoms with van der Waals surface area (Å²) < 4.78 is 4.85. The fourth-order valence-electron chi connectivity index (χ4n) is 1.63. The van der Waals surface area contributed by atoms with Gasteiger partial charge in [0.2, 0.25) is 0 Å². The SMILES string of the molecule is CCOC(=O)c1cccc(C(=O)Nc2ccccc2Cl)n1. The van der Waals surface area contributed by atoms with Crippen molar-refractivity contribution in [3.63, 3.8) is 0 Å². The topological polar surface area (TPSA) is 68.3 Å². The van der Waals surface area contributed by atoms with Crippen LogP contribution in [-0.2, 0) is 4.74 Å². The summed E-state index contributed by atoms with van der Waals surface area (Å²) >= 11 is 5.97. The van der Waals surface area contributed by atoms with E-state index in [1.165, 1.54) is 12.1 Å². The maximum Gasteiger partial charge on any atom is 0.356 e. The van der Waals surface area contributed by atoms with E-state index in [1.807, 2.05) is 0 Å². The van der Waals surface area contributed by atoms with E-state index in [0.29, 0.717) is 10.7 Å². The molecule has 1 aromatic carbocycles. The molecule has 0 aliphatic heterocycles. The van der Waals surface area contributed by atoms with Crippen LogP contribution >= 0.6 is 11.6 Å². The van der Waals surface area contributed by atoms with Gasteiger partial charge in [0.15, 0.2) is 0 Å². The van der Waals surface area contributed by atoms with Gasteiger partial charge in [0.05, 0.1) is 17.3 Å². The number of rotatable bonds is 4. The molecule has 108 valence electrons. The maximum atomic E-state index is 12.1. The van der Waals surface area contributed by atoms with Gasteiger partial charge in [0.1, 0.15) is 11.4 Å². The van der Waals surface area contributed by atoms with E-state index in [9.17, 15) is 9.59 Å². The highest BCUT2D eigenvalue weighted by atomic mass is 35.5. The van der Waals surface area contributed by atoms with Crippen LogP contribution in [-0.4, -0.2) is 23.5 Å². The summed E-state index contributed by atoms with van der Waals surface area (Å²) in [6, 6.07) is 11.4. The Morgan fingerprint density at radius 1 is 1.14 bits per heavy atom. The monoisotopic (exact) mass is 304 g/mol. The molecule has 1 amide bonds. The van der Waals surface area contributed by atoms with Crippen LogP contribution in [0, 0.1) is 0 Å². The Labute approximate surface area is 126 Å². The standard InChI is InChI=1S/C15H13ClN2O3/c1-2-21-15(20)13-9-5-8-12(17-13)14(19)18-11-7-4-3-6-10(11)16/h3-9H,2H2,1H3,(H,18,19). The van der Waals surface area contributed by atoms with Crippen molar-refractivity contribution in [1.82, 2.24) is 4.98 Å². The minimum absolute atomic E-state index is 0.0867. The number of nitrogens with one attached hydrogen (secondary N) is 1. The number of hydrogen-bond acceptors (Lipinski definition) is 4. The molecule has 0 atom stereocenters. The lowest BCUT2D eigenvalue weighted by atomic mass is 10.2. The van der Waals surface area contributed by atoms with E-state index in [-0.39, 0.29) is 18.0 Å². The summed E-state index contributed by atoms with van der Waals surface area (Å²) in [7, 11) is 0. The first-order valence-electron chi connectivity index (χ1n) is 6.32. The number of nitrogens with zero attached hydrogens (tertiary/aromatic N) is 1. The highest BCUT2D eigenvalue weighted by Gasteiger charge is 2.13. The average molecular weight is 305 g/mol. The predicted molar refractivity (Wildman–Crippen MR) is 79.6 cm³/mol. The normalized spacial score (nSPS) is 10.0. The number of amides is 1. The van der Waals surface area contributed by atoms with Crippen LogP contribution in [0.1, 0.15) is 27.9 Å². The van der Waals surface area contributed by atoms with Crippen molar-refractivity contribution >= 4 is 29.2 Å².